The molecule has 0 aliphatic carbocycles. The highest BCUT2D eigenvalue weighted by atomic mass is 32.2. The molecule has 0 unspecified atom stereocenters. The number of hydrogen-bond acceptors (Lipinski definition) is 4. The van der Waals surface area contributed by atoms with Crippen molar-refractivity contribution < 1.29 is 9.90 Å². The first-order chi connectivity index (χ1) is 6.68. The van der Waals surface area contributed by atoms with Crippen LogP contribution in [0.4, 0.5) is 5.69 Å². The van der Waals surface area contributed by atoms with E-state index in [0.29, 0.717) is 22.6 Å². The molecule has 0 atom stereocenters. The SMILES string of the molecule is Nc1cccc(C2=C(O)CSC2=O)c1. The van der Waals surface area contributed by atoms with Gasteiger partial charge in [-0.1, -0.05) is 23.9 Å². The highest BCUT2D eigenvalue weighted by Gasteiger charge is 2.24. The van der Waals surface area contributed by atoms with Gasteiger partial charge in [0.05, 0.1) is 11.3 Å². The van der Waals surface area contributed by atoms with Crippen molar-refractivity contribution in [3.8, 4) is 0 Å². The summed E-state index contributed by atoms with van der Waals surface area (Å²) in [5.74, 6) is 0.508. The maximum atomic E-state index is 11.4. The van der Waals surface area contributed by atoms with E-state index in [0.717, 1.165) is 11.8 Å². The van der Waals surface area contributed by atoms with E-state index in [2.05, 4.69) is 0 Å². The molecular weight excluding hydrogens is 198 g/mol. The summed E-state index contributed by atoms with van der Waals surface area (Å²) in [6.45, 7) is 0. The van der Waals surface area contributed by atoms with Crippen LogP contribution in [0.1, 0.15) is 5.56 Å². The number of rotatable bonds is 1. The van der Waals surface area contributed by atoms with Gasteiger partial charge in [-0.25, -0.2) is 0 Å². The van der Waals surface area contributed by atoms with E-state index in [1.165, 1.54) is 0 Å². The van der Waals surface area contributed by atoms with Gasteiger partial charge in [-0.2, -0.15) is 0 Å². The number of aliphatic hydroxyl groups excluding tert-OH is 1. The zero-order valence-electron chi connectivity index (χ0n) is 7.36. The molecule has 1 heterocycles. The van der Waals surface area contributed by atoms with Crippen LogP contribution in [0.5, 0.6) is 0 Å². The van der Waals surface area contributed by atoms with Crippen LogP contribution in [0.15, 0.2) is 30.0 Å². The summed E-state index contributed by atoms with van der Waals surface area (Å²) in [5.41, 5.74) is 7.27. The Labute approximate surface area is 85.6 Å². The average molecular weight is 207 g/mol. The summed E-state index contributed by atoms with van der Waals surface area (Å²) in [4.78, 5) is 11.4. The molecule has 1 aromatic carbocycles. The minimum absolute atomic E-state index is 0.0897. The van der Waals surface area contributed by atoms with Gasteiger partial charge in [0.15, 0.2) is 0 Å². The standard InChI is InChI=1S/C10H9NO2S/c11-7-3-1-2-6(4-7)9-8(12)5-14-10(9)13/h1-4,12H,5,11H2. The molecule has 0 aromatic heterocycles. The number of carbonyl (C=O) groups excluding carboxylic acids is 1. The maximum Gasteiger partial charge on any atom is 0.223 e. The minimum atomic E-state index is -0.0897. The lowest BCUT2D eigenvalue weighted by molar-refractivity contribution is -0.106. The lowest BCUT2D eigenvalue weighted by Gasteiger charge is -2.01. The Kier molecular flexibility index (Phi) is 2.21. The summed E-state index contributed by atoms with van der Waals surface area (Å²) in [6.07, 6.45) is 0. The molecule has 0 fully saturated rings. The molecule has 1 aromatic rings. The van der Waals surface area contributed by atoms with Crippen LogP contribution in [-0.4, -0.2) is 16.0 Å². The van der Waals surface area contributed by atoms with Crippen molar-refractivity contribution >= 4 is 28.1 Å². The van der Waals surface area contributed by atoms with Crippen LogP contribution in [0.2, 0.25) is 0 Å². The van der Waals surface area contributed by atoms with Crippen molar-refractivity contribution in [2.45, 2.75) is 0 Å². The van der Waals surface area contributed by atoms with Gasteiger partial charge in [0, 0.05) is 5.69 Å². The number of nitrogen functional groups attached to an aromatic ring is 1. The molecule has 1 aliphatic heterocycles. The van der Waals surface area contributed by atoms with Crippen molar-refractivity contribution in [1.82, 2.24) is 0 Å². The number of anilines is 1. The molecule has 0 radical (unpaired) electrons. The van der Waals surface area contributed by atoms with E-state index < -0.39 is 0 Å². The average Bonchev–Trinajstić information content (AvgIpc) is 2.46. The molecule has 14 heavy (non-hydrogen) atoms. The molecule has 0 amide bonds. The Morgan fingerprint density at radius 1 is 1.43 bits per heavy atom. The van der Waals surface area contributed by atoms with Crippen LogP contribution < -0.4 is 5.73 Å². The molecule has 4 heteroatoms. The smallest absolute Gasteiger partial charge is 0.223 e. The van der Waals surface area contributed by atoms with E-state index >= 15 is 0 Å². The number of thioether (sulfide) groups is 1. The van der Waals surface area contributed by atoms with Crippen molar-refractivity contribution in [2.75, 3.05) is 11.5 Å². The third-order valence-electron chi connectivity index (χ3n) is 2.01. The highest BCUT2D eigenvalue weighted by molar-refractivity contribution is 8.15. The van der Waals surface area contributed by atoms with Gasteiger partial charge in [-0.3, -0.25) is 4.79 Å². The van der Waals surface area contributed by atoms with Crippen molar-refractivity contribution in [2.24, 2.45) is 0 Å². The summed E-state index contributed by atoms with van der Waals surface area (Å²) >= 11 is 1.11. The Bertz CT molecular complexity index is 426. The number of hydrogen-bond donors (Lipinski definition) is 2. The predicted molar refractivity (Wildman–Crippen MR) is 57.9 cm³/mol. The van der Waals surface area contributed by atoms with Gasteiger partial charge in [-0.15, -0.1) is 0 Å². The first-order valence-corrected chi connectivity index (χ1v) is 5.12. The van der Waals surface area contributed by atoms with Crippen LogP contribution in [-0.2, 0) is 4.79 Å². The lowest BCUT2D eigenvalue weighted by atomic mass is 10.1. The summed E-state index contributed by atoms with van der Waals surface area (Å²) in [7, 11) is 0. The second kappa shape index (κ2) is 3.38. The van der Waals surface area contributed by atoms with Gasteiger partial charge < -0.3 is 10.8 Å². The van der Waals surface area contributed by atoms with Crippen LogP contribution >= 0.6 is 11.8 Å². The number of benzene rings is 1. The van der Waals surface area contributed by atoms with Crippen molar-refractivity contribution in [1.29, 1.82) is 0 Å². The monoisotopic (exact) mass is 207 g/mol. The number of aliphatic hydroxyl groups is 1. The Morgan fingerprint density at radius 2 is 2.21 bits per heavy atom. The van der Waals surface area contributed by atoms with Gasteiger partial charge in [0.1, 0.15) is 5.76 Å². The molecule has 0 spiro atoms. The van der Waals surface area contributed by atoms with Gasteiger partial charge in [0.25, 0.3) is 0 Å². The van der Waals surface area contributed by atoms with E-state index in [-0.39, 0.29) is 10.9 Å². The molecule has 3 nitrogen and oxygen atoms in total. The molecule has 0 saturated heterocycles. The number of carbonyl (C=O) groups is 1. The van der Waals surface area contributed by atoms with E-state index in [9.17, 15) is 9.90 Å². The van der Waals surface area contributed by atoms with Gasteiger partial charge >= 0.3 is 0 Å². The fourth-order valence-electron chi connectivity index (χ4n) is 1.37. The zero-order chi connectivity index (χ0) is 10.1. The van der Waals surface area contributed by atoms with Crippen molar-refractivity contribution in [3.05, 3.63) is 35.6 Å². The minimum Gasteiger partial charge on any atom is -0.511 e. The first-order valence-electron chi connectivity index (χ1n) is 4.13. The Hall–Kier alpha value is -1.42. The topological polar surface area (TPSA) is 63.3 Å². The highest BCUT2D eigenvalue weighted by Crippen LogP contribution is 2.32. The quantitative estimate of drug-likeness (QED) is 0.689. The third-order valence-corrected chi connectivity index (χ3v) is 2.89. The Balaban J connectivity index is 2.49. The molecule has 0 saturated carbocycles. The van der Waals surface area contributed by atoms with Gasteiger partial charge in [-0.05, 0) is 17.7 Å². The van der Waals surface area contributed by atoms with Crippen LogP contribution in [0.3, 0.4) is 0 Å². The predicted octanol–water partition coefficient (Wildman–Crippen LogP) is 1.81. The zero-order valence-corrected chi connectivity index (χ0v) is 8.17. The fraction of sp³-hybridized carbons (Fsp3) is 0.100. The number of nitrogens with two attached hydrogens (primary N) is 1. The molecule has 0 bridgehead atoms. The lowest BCUT2D eigenvalue weighted by Crippen LogP contribution is -1.95. The normalized spacial score (nSPS) is 16.4. The summed E-state index contributed by atoms with van der Waals surface area (Å²) < 4.78 is 0. The summed E-state index contributed by atoms with van der Waals surface area (Å²) in [6, 6.07) is 6.97. The second-order valence-corrected chi connectivity index (χ2v) is 3.97. The summed E-state index contributed by atoms with van der Waals surface area (Å²) in [5, 5.41) is 9.41. The van der Waals surface area contributed by atoms with E-state index in [1.54, 1.807) is 24.3 Å². The van der Waals surface area contributed by atoms with Crippen molar-refractivity contribution in [3.63, 3.8) is 0 Å². The fourth-order valence-corrected chi connectivity index (χ4v) is 2.17. The maximum absolute atomic E-state index is 11.4. The van der Waals surface area contributed by atoms with E-state index in [4.69, 9.17) is 5.73 Å². The largest absolute Gasteiger partial charge is 0.511 e. The Morgan fingerprint density at radius 3 is 2.79 bits per heavy atom. The molecule has 2 rings (SSSR count). The first kappa shape index (κ1) is 9.15. The second-order valence-electron chi connectivity index (χ2n) is 3.02. The van der Waals surface area contributed by atoms with Crippen LogP contribution in [0.25, 0.3) is 5.57 Å². The molecular formula is C10H9NO2S. The molecule has 1 aliphatic rings. The molecule has 72 valence electrons. The van der Waals surface area contributed by atoms with E-state index in [1.807, 2.05) is 0 Å². The van der Waals surface area contributed by atoms with Crippen LogP contribution in [0, 0.1) is 0 Å². The molecule has 3 N–H and O–H groups in total. The third kappa shape index (κ3) is 1.48. The van der Waals surface area contributed by atoms with Gasteiger partial charge in [0.2, 0.25) is 5.12 Å².